The van der Waals surface area contributed by atoms with Crippen LogP contribution >= 0.6 is 0 Å². The SMILES string of the molecule is CCO.CN(C)[SiH3]. The summed E-state index contributed by atoms with van der Waals surface area (Å²) >= 11 is 0. The molecule has 0 aromatic heterocycles. The van der Waals surface area contributed by atoms with Crippen molar-refractivity contribution < 1.29 is 5.11 Å². The molecule has 0 rings (SSSR count). The van der Waals surface area contributed by atoms with Gasteiger partial charge in [-0.05, 0) is 21.0 Å². The summed E-state index contributed by atoms with van der Waals surface area (Å²) in [5, 5.41) is 7.57. The van der Waals surface area contributed by atoms with Crippen LogP contribution in [0.3, 0.4) is 0 Å². The first-order chi connectivity index (χ1) is 3.15. The summed E-state index contributed by atoms with van der Waals surface area (Å²) in [5.74, 6) is 0. The second-order valence-corrected chi connectivity index (χ2v) is 3.45. The van der Waals surface area contributed by atoms with Crippen molar-refractivity contribution >= 4 is 10.4 Å². The van der Waals surface area contributed by atoms with Gasteiger partial charge in [-0.15, -0.1) is 0 Å². The van der Waals surface area contributed by atoms with Gasteiger partial charge < -0.3 is 9.67 Å². The fourth-order valence-electron chi connectivity index (χ4n) is 0. The van der Waals surface area contributed by atoms with E-state index in [-0.39, 0.29) is 6.61 Å². The lowest BCUT2D eigenvalue weighted by Gasteiger charge is -1.90. The second-order valence-electron chi connectivity index (χ2n) is 1.66. The molecule has 0 aliphatic carbocycles. The predicted molar refractivity (Wildman–Crippen MR) is 36.4 cm³/mol. The number of aliphatic hydroxyl groups is 1. The monoisotopic (exact) mass is 121 g/mol. The Kier molecular flexibility index (Phi) is 13.8. The van der Waals surface area contributed by atoms with Gasteiger partial charge in [0.25, 0.3) is 0 Å². The molecule has 0 amide bonds. The summed E-state index contributed by atoms with van der Waals surface area (Å²) in [6.07, 6.45) is 0. The van der Waals surface area contributed by atoms with E-state index in [1.165, 1.54) is 10.4 Å². The van der Waals surface area contributed by atoms with Gasteiger partial charge in [0.15, 0.2) is 0 Å². The first-order valence-electron chi connectivity index (χ1n) is 2.36. The minimum atomic E-state index is 0.250. The molecule has 2 nitrogen and oxygen atoms in total. The van der Waals surface area contributed by atoms with Gasteiger partial charge in [0, 0.05) is 6.61 Å². The van der Waals surface area contributed by atoms with Crippen molar-refractivity contribution in [2.75, 3.05) is 20.7 Å². The first kappa shape index (κ1) is 10.2. The molecule has 0 atom stereocenters. The Labute approximate surface area is 48.6 Å². The average Bonchev–Trinajstić information content (AvgIpc) is 1.33. The van der Waals surface area contributed by atoms with Gasteiger partial charge in [-0.1, -0.05) is 0 Å². The van der Waals surface area contributed by atoms with Crippen molar-refractivity contribution in [1.29, 1.82) is 0 Å². The fraction of sp³-hybridized carbons (Fsp3) is 1.00. The second kappa shape index (κ2) is 9.46. The van der Waals surface area contributed by atoms with Crippen LogP contribution in [0.25, 0.3) is 0 Å². The summed E-state index contributed by atoms with van der Waals surface area (Å²) in [5.41, 5.74) is 0. The molecule has 0 radical (unpaired) electrons. The zero-order valence-corrected chi connectivity index (χ0v) is 7.60. The highest BCUT2D eigenvalue weighted by Crippen LogP contribution is 1.44. The number of hydrogen-bond acceptors (Lipinski definition) is 2. The molecule has 0 saturated carbocycles. The highest BCUT2D eigenvalue weighted by Gasteiger charge is 1.58. The van der Waals surface area contributed by atoms with E-state index in [1.807, 2.05) is 0 Å². The van der Waals surface area contributed by atoms with E-state index in [0.717, 1.165) is 0 Å². The van der Waals surface area contributed by atoms with E-state index in [9.17, 15) is 0 Å². The number of hydrogen-bond donors (Lipinski definition) is 1. The molecule has 46 valence electrons. The lowest BCUT2D eigenvalue weighted by molar-refractivity contribution is 0.318. The van der Waals surface area contributed by atoms with Crippen LogP contribution in [0.1, 0.15) is 6.92 Å². The summed E-state index contributed by atoms with van der Waals surface area (Å²) in [4.78, 5) is 0. The van der Waals surface area contributed by atoms with E-state index >= 15 is 0 Å². The average molecular weight is 121 g/mol. The molecule has 0 bridgehead atoms. The molecule has 0 aromatic carbocycles. The predicted octanol–water partition coefficient (Wildman–Crippen LogP) is -1.17. The number of nitrogens with zero attached hydrogens (tertiary/aromatic N) is 1. The quantitative estimate of drug-likeness (QED) is 0.408. The molecule has 0 aliphatic rings. The van der Waals surface area contributed by atoms with Gasteiger partial charge in [-0.25, -0.2) is 0 Å². The van der Waals surface area contributed by atoms with Crippen molar-refractivity contribution in [1.82, 2.24) is 4.57 Å². The van der Waals surface area contributed by atoms with E-state index < -0.39 is 0 Å². The lowest BCUT2D eigenvalue weighted by Crippen LogP contribution is -2.02. The molecule has 0 fully saturated rings. The molecular formula is C4H15NOSi. The zero-order valence-electron chi connectivity index (χ0n) is 5.60. The van der Waals surface area contributed by atoms with E-state index in [0.29, 0.717) is 0 Å². The van der Waals surface area contributed by atoms with Crippen LogP contribution in [-0.4, -0.2) is 40.8 Å². The van der Waals surface area contributed by atoms with Crippen LogP contribution in [-0.2, 0) is 0 Å². The maximum absolute atomic E-state index is 7.57. The van der Waals surface area contributed by atoms with Crippen LogP contribution in [0.5, 0.6) is 0 Å². The van der Waals surface area contributed by atoms with Crippen molar-refractivity contribution in [3.8, 4) is 0 Å². The summed E-state index contributed by atoms with van der Waals surface area (Å²) in [7, 11) is 5.31. The zero-order chi connectivity index (χ0) is 6.28. The van der Waals surface area contributed by atoms with Gasteiger partial charge in [0.2, 0.25) is 0 Å². The Morgan fingerprint density at radius 1 is 1.57 bits per heavy atom. The van der Waals surface area contributed by atoms with Crippen LogP contribution < -0.4 is 0 Å². The topological polar surface area (TPSA) is 23.5 Å². The summed E-state index contributed by atoms with van der Waals surface area (Å²) < 4.78 is 2.14. The van der Waals surface area contributed by atoms with Crippen LogP contribution in [0, 0.1) is 0 Å². The van der Waals surface area contributed by atoms with Crippen molar-refractivity contribution in [3.05, 3.63) is 0 Å². The molecule has 0 aromatic rings. The maximum atomic E-state index is 7.57. The molecular weight excluding hydrogens is 106 g/mol. The molecule has 0 spiro atoms. The minimum absolute atomic E-state index is 0.250. The highest BCUT2D eigenvalue weighted by atomic mass is 28.2. The molecule has 7 heavy (non-hydrogen) atoms. The first-order valence-corrected chi connectivity index (χ1v) is 3.26. The molecule has 0 unspecified atom stereocenters. The van der Waals surface area contributed by atoms with Crippen molar-refractivity contribution in [2.24, 2.45) is 0 Å². The Bertz CT molecular complexity index is 22.9. The fourth-order valence-corrected chi connectivity index (χ4v) is 0. The molecule has 0 saturated heterocycles. The summed E-state index contributed by atoms with van der Waals surface area (Å²) in [6.45, 7) is 1.93. The van der Waals surface area contributed by atoms with E-state index in [1.54, 1.807) is 6.92 Å². The lowest BCUT2D eigenvalue weighted by atomic mass is 10.9. The van der Waals surface area contributed by atoms with Gasteiger partial charge in [0.05, 0.1) is 10.4 Å². The van der Waals surface area contributed by atoms with Crippen molar-refractivity contribution in [3.63, 3.8) is 0 Å². The Balaban J connectivity index is 0. The number of rotatable bonds is 0. The standard InChI is InChI=1S/C2H9NSi.C2H6O/c1-3(2)4;1-2-3/h1-2,4H3;3H,2H2,1H3. The largest absolute Gasteiger partial charge is 0.397 e. The third kappa shape index (κ3) is 5610. The van der Waals surface area contributed by atoms with Gasteiger partial charge in [0.1, 0.15) is 0 Å². The highest BCUT2D eigenvalue weighted by molar-refractivity contribution is 6.03. The smallest absolute Gasteiger partial charge is 0.0777 e. The van der Waals surface area contributed by atoms with E-state index in [4.69, 9.17) is 5.11 Å². The van der Waals surface area contributed by atoms with Gasteiger partial charge in [-0.2, -0.15) is 0 Å². The summed E-state index contributed by atoms with van der Waals surface area (Å²) in [6, 6.07) is 0. The molecule has 1 N–H and O–H groups in total. The van der Waals surface area contributed by atoms with Crippen molar-refractivity contribution in [2.45, 2.75) is 6.92 Å². The van der Waals surface area contributed by atoms with Crippen LogP contribution in [0.15, 0.2) is 0 Å². The Morgan fingerprint density at radius 3 is 1.57 bits per heavy atom. The normalized spacial score (nSPS) is 8.14. The maximum Gasteiger partial charge on any atom is 0.0777 e. The number of aliphatic hydroxyl groups excluding tert-OH is 1. The minimum Gasteiger partial charge on any atom is -0.397 e. The third-order valence-corrected chi connectivity index (χ3v) is 0. The van der Waals surface area contributed by atoms with E-state index in [2.05, 4.69) is 18.7 Å². The van der Waals surface area contributed by atoms with Crippen LogP contribution in [0.4, 0.5) is 0 Å². The van der Waals surface area contributed by atoms with Gasteiger partial charge >= 0.3 is 0 Å². The van der Waals surface area contributed by atoms with Crippen LogP contribution in [0.2, 0.25) is 0 Å². The Hall–Kier alpha value is 0.137. The molecule has 0 aliphatic heterocycles. The molecule has 0 heterocycles. The Morgan fingerprint density at radius 2 is 1.57 bits per heavy atom. The molecule has 3 heteroatoms. The third-order valence-electron chi connectivity index (χ3n) is 0. The van der Waals surface area contributed by atoms with Gasteiger partial charge in [-0.3, -0.25) is 0 Å².